The number of hydrogen-bond donors (Lipinski definition) is 0. The van der Waals surface area contributed by atoms with Crippen molar-refractivity contribution in [1.82, 2.24) is 4.90 Å². The maximum Gasteiger partial charge on any atom is 0.246 e. The normalized spacial score (nSPS) is 18.0. The molecule has 1 atom stereocenters. The molecule has 26 heavy (non-hydrogen) atoms. The highest BCUT2D eigenvalue weighted by Gasteiger charge is 2.27. The first-order valence-corrected chi connectivity index (χ1v) is 9.13. The molecule has 0 saturated carbocycles. The number of rotatable bonds is 3. The molecule has 1 aliphatic heterocycles. The highest BCUT2D eigenvalue weighted by atomic mass is 35.5. The Kier molecular flexibility index (Phi) is 4.60. The lowest BCUT2D eigenvalue weighted by atomic mass is 10.1. The number of carbonyl (C=O) groups is 1. The number of hydrogen-bond acceptors (Lipinski definition) is 3. The van der Waals surface area contributed by atoms with Crippen LogP contribution in [0.3, 0.4) is 0 Å². The number of nitrogens with zero attached hydrogens (tertiary/aromatic N) is 1. The van der Waals surface area contributed by atoms with Crippen molar-refractivity contribution >= 4 is 23.6 Å². The second-order valence-electron chi connectivity index (χ2n) is 6.56. The number of ether oxygens (including phenoxy) is 2. The number of fused-ring (bicyclic) bond motifs is 2. The molecule has 1 unspecified atom stereocenters. The van der Waals surface area contributed by atoms with E-state index >= 15 is 0 Å². The molecule has 2 aromatic carbocycles. The highest BCUT2D eigenvalue weighted by Crippen LogP contribution is 2.39. The van der Waals surface area contributed by atoms with E-state index in [-0.39, 0.29) is 11.9 Å². The molecule has 4 rings (SSSR count). The highest BCUT2D eigenvalue weighted by molar-refractivity contribution is 6.32. The summed E-state index contributed by atoms with van der Waals surface area (Å²) in [4.78, 5) is 14.4. The standard InChI is InChI=1S/C21H20ClNO3/c1-23(18-8-7-15-4-2-3-5-16(15)18)20(24)9-6-14-12-17(22)21-19(13-14)25-10-11-26-21/h2-6,9,12-13,18H,7-8,10-11H2,1H3. The third-order valence-electron chi connectivity index (χ3n) is 4.95. The van der Waals surface area contributed by atoms with Gasteiger partial charge in [-0.3, -0.25) is 4.79 Å². The van der Waals surface area contributed by atoms with E-state index in [0.29, 0.717) is 29.7 Å². The summed E-state index contributed by atoms with van der Waals surface area (Å²) in [6.45, 7) is 0.993. The molecule has 5 heteroatoms. The molecule has 0 radical (unpaired) electrons. The van der Waals surface area contributed by atoms with Gasteiger partial charge in [-0.2, -0.15) is 0 Å². The Balaban J connectivity index is 1.51. The van der Waals surface area contributed by atoms with Crippen molar-refractivity contribution in [3.63, 3.8) is 0 Å². The number of carbonyl (C=O) groups excluding carboxylic acids is 1. The largest absolute Gasteiger partial charge is 0.486 e. The first-order chi connectivity index (χ1) is 12.6. The maximum absolute atomic E-state index is 12.6. The van der Waals surface area contributed by atoms with Crippen molar-refractivity contribution in [3.05, 3.63) is 64.2 Å². The Labute approximate surface area is 158 Å². The molecule has 0 bridgehead atoms. The molecule has 1 aliphatic carbocycles. The second kappa shape index (κ2) is 7.04. The summed E-state index contributed by atoms with van der Waals surface area (Å²) in [6, 6.07) is 12.1. The van der Waals surface area contributed by atoms with E-state index in [0.717, 1.165) is 18.4 Å². The number of amides is 1. The van der Waals surface area contributed by atoms with Gasteiger partial charge in [0.15, 0.2) is 11.5 Å². The molecule has 2 aromatic rings. The van der Waals surface area contributed by atoms with Gasteiger partial charge in [-0.25, -0.2) is 0 Å². The zero-order valence-corrected chi connectivity index (χ0v) is 15.3. The lowest BCUT2D eigenvalue weighted by Gasteiger charge is -2.24. The summed E-state index contributed by atoms with van der Waals surface area (Å²) in [5.74, 6) is 1.16. The van der Waals surface area contributed by atoms with Gasteiger partial charge < -0.3 is 14.4 Å². The predicted octanol–water partition coefficient (Wildman–Crippen LogP) is 4.27. The third kappa shape index (κ3) is 3.17. The van der Waals surface area contributed by atoms with E-state index in [1.807, 2.05) is 24.1 Å². The Morgan fingerprint density at radius 2 is 2.04 bits per heavy atom. The quantitative estimate of drug-likeness (QED) is 0.758. The van der Waals surface area contributed by atoms with Crippen LogP contribution in [0.15, 0.2) is 42.5 Å². The molecule has 0 aromatic heterocycles. The van der Waals surface area contributed by atoms with Crippen LogP contribution in [0.25, 0.3) is 6.08 Å². The molecule has 0 N–H and O–H groups in total. The minimum absolute atomic E-state index is 0.0299. The molecule has 2 aliphatic rings. The number of aryl methyl sites for hydroxylation is 1. The van der Waals surface area contributed by atoms with E-state index in [4.69, 9.17) is 21.1 Å². The summed E-state index contributed by atoms with van der Waals surface area (Å²) >= 11 is 6.25. The topological polar surface area (TPSA) is 38.8 Å². The van der Waals surface area contributed by atoms with Gasteiger partial charge in [-0.05, 0) is 47.7 Å². The SMILES string of the molecule is CN(C(=O)C=Cc1cc(Cl)c2c(c1)OCCO2)C1CCc2ccccc21. The molecule has 134 valence electrons. The van der Waals surface area contributed by atoms with Crippen LogP contribution in [-0.2, 0) is 11.2 Å². The van der Waals surface area contributed by atoms with Crippen LogP contribution in [0.4, 0.5) is 0 Å². The fourth-order valence-corrected chi connectivity index (χ4v) is 3.88. The van der Waals surface area contributed by atoms with Crippen molar-refractivity contribution < 1.29 is 14.3 Å². The van der Waals surface area contributed by atoms with Gasteiger partial charge in [0, 0.05) is 13.1 Å². The Bertz CT molecular complexity index is 878. The molecule has 0 fully saturated rings. The van der Waals surface area contributed by atoms with Crippen molar-refractivity contribution in [2.45, 2.75) is 18.9 Å². The van der Waals surface area contributed by atoms with Gasteiger partial charge in [0.2, 0.25) is 5.91 Å². The van der Waals surface area contributed by atoms with Crippen molar-refractivity contribution in [2.24, 2.45) is 0 Å². The molecule has 0 spiro atoms. The minimum Gasteiger partial charge on any atom is -0.486 e. The minimum atomic E-state index is -0.0299. The average molecular weight is 370 g/mol. The van der Waals surface area contributed by atoms with Crippen molar-refractivity contribution in [2.75, 3.05) is 20.3 Å². The summed E-state index contributed by atoms with van der Waals surface area (Å²) in [5, 5.41) is 0.493. The zero-order valence-electron chi connectivity index (χ0n) is 14.6. The van der Waals surface area contributed by atoms with E-state index in [9.17, 15) is 4.79 Å². The van der Waals surface area contributed by atoms with Crippen LogP contribution < -0.4 is 9.47 Å². The lowest BCUT2D eigenvalue weighted by molar-refractivity contribution is -0.126. The fraction of sp³-hybridized carbons (Fsp3) is 0.286. The first-order valence-electron chi connectivity index (χ1n) is 8.75. The molecular weight excluding hydrogens is 350 g/mol. The number of halogens is 1. The first kappa shape index (κ1) is 17.0. The summed E-state index contributed by atoms with van der Waals surface area (Å²) < 4.78 is 11.1. The number of likely N-dealkylation sites (N-methyl/N-ethyl adjacent to an activating group) is 1. The van der Waals surface area contributed by atoms with Gasteiger partial charge in [-0.1, -0.05) is 35.9 Å². The number of benzene rings is 2. The lowest BCUT2D eigenvalue weighted by Crippen LogP contribution is -2.28. The van der Waals surface area contributed by atoms with Gasteiger partial charge in [0.05, 0.1) is 11.1 Å². The zero-order chi connectivity index (χ0) is 18.1. The van der Waals surface area contributed by atoms with Gasteiger partial charge in [0.1, 0.15) is 13.2 Å². The molecule has 4 nitrogen and oxygen atoms in total. The third-order valence-corrected chi connectivity index (χ3v) is 5.23. The van der Waals surface area contributed by atoms with Gasteiger partial charge in [0.25, 0.3) is 0 Å². The predicted molar refractivity (Wildman–Crippen MR) is 102 cm³/mol. The molecular formula is C21H20ClNO3. The van der Waals surface area contributed by atoms with Crippen LogP contribution >= 0.6 is 11.6 Å². The summed E-state index contributed by atoms with van der Waals surface area (Å²) in [5.41, 5.74) is 3.40. The fourth-order valence-electron chi connectivity index (χ4n) is 3.60. The molecule has 1 amide bonds. The Morgan fingerprint density at radius 3 is 2.92 bits per heavy atom. The van der Waals surface area contributed by atoms with Crippen LogP contribution in [0.2, 0.25) is 5.02 Å². The maximum atomic E-state index is 12.6. The monoisotopic (exact) mass is 369 g/mol. The second-order valence-corrected chi connectivity index (χ2v) is 6.97. The Morgan fingerprint density at radius 1 is 1.23 bits per heavy atom. The van der Waals surface area contributed by atoms with Crippen LogP contribution in [-0.4, -0.2) is 31.1 Å². The van der Waals surface area contributed by atoms with Crippen LogP contribution in [0.1, 0.15) is 29.2 Å². The Hall–Kier alpha value is -2.46. The summed E-state index contributed by atoms with van der Waals surface area (Å²) in [7, 11) is 1.86. The van der Waals surface area contributed by atoms with Gasteiger partial charge >= 0.3 is 0 Å². The molecule has 0 saturated heterocycles. The summed E-state index contributed by atoms with van der Waals surface area (Å²) in [6.07, 6.45) is 5.33. The van der Waals surface area contributed by atoms with E-state index in [1.165, 1.54) is 11.1 Å². The van der Waals surface area contributed by atoms with Crippen molar-refractivity contribution in [1.29, 1.82) is 0 Å². The van der Waals surface area contributed by atoms with E-state index in [2.05, 4.69) is 18.2 Å². The molecule has 1 heterocycles. The van der Waals surface area contributed by atoms with Crippen LogP contribution in [0, 0.1) is 0 Å². The van der Waals surface area contributed by atoms with Crippen molar-refractivity contribution in [3.8, 4) is 11.5 Å². The van der Waals surface area contributed by atoms with Gasteiger partial charge in [-0.15, -0.1) is 0 Å². The van der Waals surface area contributed by atoms with Crippen LogP contribution in [0.5, 0.6) is 11.5 Å². The average Bonchev–Trinajstić information content (AvgIpc) is 3.09. The van der Waals surface area contributed by atoms with E-state index in [1.54, 1.807) is 18.2 Å². The smallest absolute Gasteiger partial charge is 0.246 e. The van der Waals surface area contributed by atoms with E-state index < -0.39 is 0 Å².